The average Bonchev–Trinajstić information content (AvgIpc) is 2.42. The highest BCUT2D eigenvalue weighted by Crippen LogP contribution is 2.29. The van der Waals surface area contributed by atoms with Gasteiger partial charge in [-0.1, -0.05) is 11.6 Å². The summed E-state index contributed by atoms with van der Waals surface area (Å²) in [6.45, 7) is 0. The fraction of sp³-hybridized carbons (Fsp3) is 0.0714. The zero-order chi connectivity index (χ0) is 14.9. The van der Waals surface area contributed by atoms with E-state index in [0.717, 1.165) is 6.07 Å². The molecule has 3 nitrogen and oxygen atoms in total. The summed E-state index contributed by atoms with van der Waals surface area (Å²) in [7, 11) is 1.42. The number of hydrogen-bond donors (Lipinski definition) is 1. The lowest BCUT2D eigenvalue weighted by Gasteiger charge is -2.10. The second-order valence-corrected chi connectivity index (χ2v) is 5.30. The summed E-state index contributed by atoms with van der Waals surface area (Å²) in [5.41, 5.74) is 6.09. The Morgan fingerprint density at radius 1 is 1.30 bits per heavy atom. The first kappa shape index (κ1) is 14.8. The van der Waals surface area contributed by atoms with Gasteiger partial charge in [0.2, 0.25) is 0 Å². The van der Waals surface area contributed by atoms with Gasteiger partial charge in [0.15, 0.2) is 5.78 Å². The van der Waals surface area contributed by atoms with Crippen LogP contribution in [0.1, 0.15) is 15.9 Å². The molecule has 2 aromatic carbocycles. The maximum atomic E-state index is 13.9. The third-order valence-corrected chi connectivity index (χ3v) is 3.92. The van der Waals surface area contributed by atoms with Crippen molar-refractivity contribution in [3.05, 3.63) is 56.8 Å². The van der Waals surface area contributed by atoms with Crippen molar-refractivity contribution in [1.82, 2.24) is 0 Å². The van der Waals surface area contributed by atoms with Crippen molar-refractivity contribution in [2.45, 2.75) is 0 Å². The van der Waals surface area contributed by atoms with E-state index < -0.39 is 11.6 Å². The molecule has 0 saturated carbocycles. The molecule has 0 aliphatic carbocycles. The number of benzene rings is 2. The molecular weight excluding hydrogens is 349 g/mol. The van der Waals surface area contributed by atoms with Gasteiger partial charge in [-0.15, -0.1) is 0 Å². The van der Waals surface area contributed by atoms with Gasteiger partial charge in [-0.3, -0.25) is 4.79 Å². The molecule has 0 aliphatic heterocycles. The molecule has 0 aliphatic rings. The number of ketones is 1. The van der Waals surface area contributed by atoms with Crippen LogP contribution in [-0.4, -0.2) is 12.9 Å². The number of carbonyl (C=O) groups is 1. The largest absolute Gasteiger partial charge is 0.496 e. The zero-order valence-corrected chi connectivity index (χ0v) is 12.8. The molecule has 0 saturated heterocycles. The molecule has 0 atom stereocenters. The Balaban J connectivity index is 2.57. The van der Waals surface area contributed by atoms with Gasteiger partial charge in [0, 0.05) is 10.2 Å². The SMILES string of the molecule is COc1ccc(N)cc1C(=O)c1cc(Cl)c(Br)cc1F. The molecule has 0 spiro atoms. The smallest absolute Gasteiger partial charge is 0.199 e. The van der Waals surface area contributed by atoms with Gasteiger partial charge in [0.1, 0.15) is 11.6 Å². The molecule has 2 aromatic rings. The number of halogens is 3. The highest BCUT2D eigenvalue weighted by atomic mass is 79.9. The number of anilines is 1. The van der Waals surface area contributed by atoms with E-state index in [4.69, 9.17) is 22.1 Å². The summed E-state index contributed by atoms with van der Waals surface area (Å²) in [6.07, 6.45) is 0. The molecule has 0 amide bonds. The van der Waals surface area contributed by atoms with Crippen molar-refractivity contribution in [3.63, 3.8) is 0 Å². The van der Waals surface area contributed by atoms with Gasteiger partial charge in [0.05, 0.1) is 23.3 Å². The van der Waals surface area contributed by atoms with Gasteiger partial charge in [-0.25, -0.2) is 4.39 Å². The first-order valence-electron chi connectivity index (χ1n) is 5.56. The van der Waals surface area contributed by atoms with Crippen LogP contribution in [0.3, 0.4) is 0 Å². The Morgan fingerprint density at radius 3 is 2.65 bits per heavy atom. The lowest BCUT2D eigenvalue weighted by Crippen LogP contribution is -2.07. The van der Waals surface area contributed by atoms with Crippen molar-refractivity contribution >= 4 is 39.0 Å². The second-order valence-electron chi connectivity index (χ2n) is 4.04. The predicted octanol–water partition coefficient (Wildman–Crippen LogP) is 4.06. The number of methoxy groups -OCH3 is 1. The molecule has 2 N–H and O–H groups in total. The minimum atomic E-state index is -0.671. The van der Waals surface area contributed by atoms with E-state index in [2.05, 4.69) is 15.9 Å². The number of ether oxygens (including phenoxy) is 1. The van der Waals surface area contributed by atoms with Crippen molar-refractivity contribution in [3.8, 4) is 5.75 Å². The van der Waals surface area contributed by atoms with Gasteiger partial charge in [-0.05, 0) is 46.3 Å². The molecule has 0 fully saturated rings. The normalized spacial score (nSPS) is 10.4. The maximum Gasteiger partial charge on any atom is 0.199 e. The van der Waals surface area contributed by atoms with Crippen molar-refractivity contribution in [2.24, 2.45) is 0 Å². The molecule has 0 bridgehead atoms. The van der Waals surface area contributed by atoms with E-state index in [1.54, 1.807) is 12.1 Å². The number of hydrogen-bond acceptors (Lipinski definition) is 3. The standard InChI is InChI=1S/C14H10BrClFNO2/c1-20-13-3-2-7(18)4-9(13)14(19)8-5-11(16)10(15)6-12(8)17/h2-6H,18H2,1H3. The Bertz CT molecular complexity index is 691. The van der Waals surface area contributed by atoms with Crippen molar-refractivity contribution < 1.29 is 13.9 Å². The van der Waals surface area contributed by atoms with E-state index in [1.165, 1.54) is 19.2 Å². The van der Waals surface area contributed by atoms with Gasteiger partial charge < -0.3 is 10.5 Å². The van der Waals surface area contributed by atoms with Crippen LogP contribution in [0.5, 0.6) is 5.75 Å². The molecule has 0 unspecified atom stereocenters. The monoisotopic (exact) mass is 357 g/mol. The van der Waals surface area contributed by atoms with Gasteiger partial charge >= 0.3 is 0 Å². The molecule has 20 heavy (non-hydrogen) atoms. The zero-order valence-electron chi connectivity index (χ0n) is 10.4. The van der Waals surface area contributed by atoms with E-state index in [0.29, 0.717) is 15.9 Å². The third-order valence-electron chi connectivity index (χ3n) is 2.72. The molecule has 2 rings (SSSR count). The minimum Gasteiger partial charge on any atom is -0.496 e. The highest BCUT2D eigenvalue weighted by Gasteiger charge is 2.20. The summed E-state index contributed by atoms with van der Waals surface area (Å²) in [5.74, 6) is -0.889. The third kappa shape index (κ3) is 2.78. The predicted molar refractivity (Wildman–Crippen MR) is 79.9 cm³/mol. The first-order chi connectivity index (χ1) is 9.43. The van der Waals surface area contributed by atoms with Crippen LogP contribution < -0.4 is 10.5 Å². The number of carbonyl (C=O) groups excluding carboxylic acids is 1. The molecule has 6 heteroatoms. The van der Waals surface area contributed by atoms with E-state index in [-0.39, 0.29) is 16.1 Å². The van der Waals surface area contributed by atoms with Crippen LogP contribution >= 0.6 is 27.5 Å². The summed E-state index contributed by atoms with van der Waals surface area (Å²) < 4.78 is 19.4. The maximum absolute atomic E-state index is 13.9. The van der Waals surface area contributed by atoms with Crippen LogP contribution in [-0.2, 0) is 0 Å². The van der Waals surface area contributed by atoms with Crippen molar-refractivity contribution in [2.75, 3.05) is 12.8 Å². The molecule has 0 heterocycles. The van der Waals surface area contributed by atoms with Crippen LogP contribution in [0.15, 0.2) is 34.8 Å². The number of nitrogens with two attached hydrogens (primary N) is 1. The summed E-state index contributed by atoms with van der Waals surface area (Å²) in [6, 6.07) is 7.01. The number of rotatable bonds is 3. The molecule has 0 radical (unpaired) electrons. The Morgan fingerprint density at radius 2 is 2.00 bits per heavy atom. The quantitative estimate of drug-likeness (QED) is 0.511. The average molecular weight is 359 g/mol. The Labute approximate surface area is 128 Å². The van der Waals surface area contributed by atoms with E-state index >= 15 is 0 Å². The van der Waals surface area contributed by atoms with E-state index in [1.807, 2.05) is 0 Å². The Kier molecular flexibility index (Phi) is 4.30. The fourth-order valence-electron chi connectivity index (χ4n) is 1.74. The highest BCUT2D eigenvalue weighted by molar-refractivity contribution is 9.10. The summed E-state index contributed by atoms with van der Waals surface area (Å²) >= 11 is 9.00. The molecule has 0 aromatic heterocycles. The number of nitrogen functional groups attached to an aromatic ring is 1. The first-order valence-corrected chi connectivity index (χ1v) is 6.74. The van der Waals surface area contributed by atoms with Crippen molar-refractivity contribution in [1.29, 1.82) is 0 Å². The van der Waals surface area contributed by atoms with Crippen LogP contribution in [0.4, 0.5) is 10.1 Å². The summed E-state index contributed by atoms with van der Waals surface area (Å²) in [5, 5.41) is 0.248. The van der Waals surface area contributed by atoms with E-state index in [9.17, 15) is 9.18 Å². The lowest BCUT2D eigenvalue weighted by atomic mass is 10.0. The molecular formula is C14H10BrClFNO2. The lowest BCUT2D eigenvalue weighted by molar-refractivity contribution is 0.103. The fourth-order valence-corrected chi connectivity index (χ4v) is 2.22. The molecule has 104 valence electrons. The van der Waals surface area contributed by atoms with Crippen LogP contribution in [0.2, 0.25) is 5.02 Å². The van der Waals surface area contributed by atoms with Crippen LogP contribution in [0, 0.1) is 5.82 Å². The Hall–Kier alpha value is -1.59. The summed E-state index contributed by atoms with van der Waals surface area (Å²) in [4.78, 5) is 12.4. The topological polar surface area (TPSA) is 52.3 Å². The minimum absolute atomic E-state index is 0.137. The second kappa shape index (κ2) is 5.81. The van der Waals surface area contributed by atoms with Gasteiger partial charge in [-0.2, -0.15) is 0 Å². The van der Waals surface area contributed by atoms with Gasteiger partial charge in [0.25, 0.3) is 0 Å². The van der Waals surface area contributed by atoms with Crippen LogP contribution in [0.25, 0.3) is 0 Å².